The van der Waals surface area contributed by atoms with Crippen molar-refractivity contribution in [3.05, 3.63) is 48.6 Å². The lowest BCUT2D eigenvalue weighted by atomic mass is 9.47. The van der Waals surface area contributed by atoms with Gasteiger partial charge in [0, 0.05) is 22.3 Å². The minimum Gasteiger partial charge on any atom is -0.460 e. The lowest BCUT2D eigenvalue weighted by Crippen LogP contribution is -2.51. The van der Waals surface area contributed by atoms with Crippen LogP contribution in [0.5, 0.6) is 0 Å². The van der Waals surface area contributed by atoms with Crippen molar-refractivity contribution in [2.45, 2.75) is 66.2 Å². The van der Waals surface area contributed by atoms with E-state index in [9.17, 15) is 38.4 Å². The van der Waals surface area contributed by atoms with Gasteiger partial charge in [-0.05, 0) is 102 Å². The van der Waals surface area contributed by atoms with Crippen molar-refractivity contribution in [2.24, 2.45) is 35.5 Å². The molecule has 4 rings (SSSR count). The molecular weight excluding hydrogens is 784 g/mol. The van der Waals surface area contributed by atoms with Crippen molar-refractivity contribution in [1.82, 2.24) is 20.4 Å². The van der Waals surface area contributed by atoms with E-state index in [1.165, 1.54) is 27.7 Å². The number of ether oxygens (including phenoxy) is 6. The van der Waals surface area contributed by atoms with Crippen molar-refractivity contribution in [3.8, 4) is 0 Å². The second kappa shape index (κ2) is 23.8. The molecule has 4 saturated carbocycles. The maximum Gasteiger partial charge on any atom is 0.418 e. The molecule has 0 heterocycles. The van der Waals surface area contributed by atoms with Gasteiger partial charge >= 0.3 is 48.1 Å². The van der Waals surface area contributed by atoms with Gasteiger partial charge in [0.15, 0.2) is 0 Å². The SMILES string of the molecule is C=C(C)C(=O)OCCNC(=O)N(CCOC(=O)C(=C)C)C(=O)OCCC1C2CC3CC(C2)C(CCOC(=O)N(CCOC(=O)C(=C)C)C(=O)NCCOC(=O)C(=C)C)C1C3. The van der Waals surface area contributed by atoms with Crippen molar-refractivity contribution in [1.29, 1.82) is 0 Å². The summed E-state index contributed by atoms with van der Waals surface area (Å²) in [4.78, 5) is 101. The molecule has 0 aromatic carbocycles. The summed E-state index contributed by atoms with van der Waals surface area (Å²) in [5.74, 6) is -0.431. The highest BCUT2D eigenvalue weighted by molar-refractivity contribution is 5.92. The van der Waals surface area contributed by atoms with Gasteiger partial charge in [-0.15, -0.1) is 0 Å². The predicted molar refractivity (Wildman–Crippen MR) is 215 cm³/mol. The molecule has 4 atom stereocenters. The Hall–Kier alpha value is -5.68. The molecule has 6 amide bonds. The molecule has 4 aliphatic rings. The molecule has 0 saturated heterocycles. The van der Waals surface area contributed by atoms with Crippen molar-refractivity contribution in [2.75, 3.05) is 65.8 Å². The van der Waals surface area contributed by atoms with E-state index in [0.29, 0.717) is 30.6 Å². The number of hydrogen-bond donors (Lipinski definition) is 2. The number of urea groups is 2. The molecule has 0 aromatic rings. The van der Waals surface area contributed by atoms with Crippen LogP contribution in [0.2, 0.25) is 0 Å². The van der Waals surface area contributed by atoms with E-state index < -0.39 is 48.1 Å². The second-order valence-corrected chi connectivity index (χ2v) is 15.6. The smallest absolute Gasteiger partial charge is 0.418 e. The summed E-state index contributed by atoms with van der Waals surface area (Å²) < 4.78 is 31.4. The van der Waals surface area contributed by atoms with Gasteiger partial charge in [0.1, 0.15) is 26.4 Å². The number of hydrogen-bond acceptors (Lipinski definition) is 14. The summed E-state index contributed by atoms with van der Waals surface area (Å²) in [7, 11) is 0. The molecule has 18 heteroatoms. The van der Waals surface area contributed by atoms with Crippen LogP contribution >= 0.6 is 0 Å². The van der Waals surface area contributed by atoms with Crippen molar-refractivity contribution >= 4 is 48.1 Å². The number of rotatable bonds is 22. The Morgan fingerprint density at radius 2 is 0.833 bits per heavy atom. The highest BCUT2D eigenvalue weighted by Crippen LogP contribution is 2.60. The average molecular weight is 845 g/mol. The van der Waals surface area contributed by atoms with Gasteiger partial charge in [0.2, 0.25) is 0 Å². The zero-order valence-corrected chi connectivity index (χ0v) is 35.2. The molecule has 4 unspecified atom stereocenters. The van der Waals surface area contributed by atoms with Crippen LogP contribution in [0.3, 0.4) is 0 Å². The van der Waals surface area contributed by atoms with Crippen molar-refractivity contribution < 1.29 is 66.8 Å². The molecular formula is C42H60N4O14. The maximum absolute atomic E-state index is 13.3. The van der Waals surface area contributed by atoms with Gasteiger partial charge in [-0.1, -0.05) is 26.3 Å². The number of amides is 6. The van der Waals surface area contributed by atoms with Gasteiger partial charge in [-0.3, -0.25) is 0 Å². The molecule has 18 nitrogen and oxygen atoms in total. The Morgan fingerprint density at radius 1 is 0.483 bits per heavy atom. The fraction of sp³-hybridized carbons (Fsp3) is 0.619. The third kappa shape index (κ3) is 14.9. The van der Waals surface area contributed by atoms with E-state index in [4.69, 9.17) is 28.4 Å². The Labute approximate surface area is 351 Å². The van der Waals surface area contributed by atoms with Crippen LogP contribution in [0.15, 0.2) is 48.6 Å². The number of carbonyl (C=O) groups excluding carboxylic acids is 8. The van der Waals surface area contributed by atoms with Gasteiger partial charge in [0.05, 0.1) is 39.4 Å². The summed E-state index contributed by atoms with van der Waals surface area (Å²) in [6, 6.07) is -1.65. The van der Waals surface area contributed by atoms with Crippen LogP contribution in [-0.4, -0.2) is 124 Å². The summed E-state index contributed by atoms with van der Waals surface area (Å²) in [5, 5.41) is 5.00. The first-order valence-electron chi connectivity index (χ1n) is 20.2. The van der Waals surface area contributed by atoms with E-state index in [1.54, 1.807) is 0 Å². The lowest BCUT2D eigenvalue weighted by molar-refractivity contribution is -0.140. The van der Waals surface area contributed by atoms with E-state index >= 15 is 0 Å². The van der Waals surface area contributed by atoms with Crippen LogP contribution in [0, 0.1) is 35.5 Å². The van der Waals surface area contributed by atoms with Crippen LogP contribution < -0.4 is 10.6 Å². The Balaban J connectivity index is 1.58. The minimum atomic E-state index is -0.930. The normalized spacial score (nSPS) is 20.7. The van der Waals surface area contributed by atoms with E-state index in [2.05, 4.69) is 36.9 Å². The summed E-state index contributed by atoms with van der Waals surface area (Å²) in [6.07, 6.45) is 3.37. The fourth-order valence-electron chi connectivity index (χ4n) is 8.09. The van der Waals surface area contributed by atoms with Gasteiger partial charge in [-0.2, -0.15) is 0 Å². The Morgan fingerprint density at radius 3 is 1.18 bits per heavy atom. The first-order chi connectivity index (χ1) is 28.4. The highest BCUT2D eigenvalue weighted by Gasteiger charge is 2.53. The molecule has 332 valence electrons. The van der Waals surface area contributed by atoms with E-state index in [1.807, 2.05) is 0 Å². The molecule has 0 radical (unpaired) electrons. The molecule has 2 N–H and O–H groups in total. The molecule has 4 aliphatic carbocycles. The third-order valence-electron chi connectivity index (χ3n) is 10.8. The molecule has 60 heavy (non-hydrogen) atoms. The lowest BCUT2D eigenvalue weighted by Gasteiger charge is -2.58. The maximum atomic E-state index is 13.3. The van der Waals surface area contributed by atoms with Gasteiger partial charge in [-0.25, -0.2) is 48.2 Å². The Kier molecular flexibility index (Phi) is 19.3. The van der Waals surface area contributed by atoms with Gasteiger partial charge in [0.25, 0.3) is 0 Å². The Bertz CT molecular complexity index is 1560. The largest absolute Gasteiger partial charge is 0.460 e. The van der Waals surface area contributed by atoms with Crippen LogP contribution in [0.25, 0.3) is 0 Å². The summed E-state index contributed by atoms with van der Waals surface area (Å²) >= 11 is 0. The molecule has 4 bridgehead atoms. The quantitative estimate of drug-likeness (QED) is 0.0645. The number of esters is 4. The molecule has 4 fully saturated rings. The topological polar surface area (TPSA) is 222 Å². The fourth-order valence-corrected chi connectivity index (χ4v) is 8.09. The second-order valence-electron chi connectivity index (χ2n) is 15.6. The minimum absolute atomic E-state index is 0.0333. The molecule has 0 aromatic heterocycles. The average Bonchev–Trinajstić information content (AvgIpc) is 3.19. The van der Waals surface area contributed by atoms with Crippen LogP contribution in [0.1, 0.15) is 66.2 Å². The van der Waals surface area contributed by atoms with E-state index in [-0.39, 0.29) is 106 Å². The number of nitrogens with one attached hydrogen (secondary N) is 2. The van der Waals surface area contributed by atoms with Gasteiger partial charge < -0.3 is 39.1 Å². The highest BCUT2D eigenvalue weighted by atomic mass is 16.6. The number of imide groups is 2. The van der Waals surface area contributed by atoms with E-state index in [0.717, 1.165) is 35.5 Å². The standard InChI is InChI=1S/C42H60N4O14/c1-25(2)35(47)55-17-11-43-39(51)45(13-19-57-37(49)27(5)6)41(53)59-15-9-32-30-21-29-22-31(24-30)33(34(32)23-29)10-16-60-42(54)46(14-20-58-38(50)28(7)8)40(52)44-12-18-56-36(48)26(3)4/h29-34H,1,3,5,7,9-24H2,2,4,6,8H3,(H,43,51)(H,44,52). The number of nitrogens with zero attached hydrogens (tertiary/aromatic N) is 2. The predicted octanol–water partition coefficient (Wildman–Crippen LogP) is 4.84. The van der Waals surface area contributed by atoms with Crippen LogP contribution in [0.4, 0.5) is 19.2 Å². The zero-order chi connectivity index (χ0) is 44.5. The number of carbonyl (C=O) groups is 8. The summed E-state index contributed by atoms with van der Waals surface area (Å²) in [6.45, 7) is 18.3. The third-order valence-corrected chi connectivity index (χ3v) is 10.8. The molecule has 0 spiro atoms. The monoisotopic (exact) mass is 844 g/mol. The van der Waals surface area contributed by atoms with Crippen LogP contribution in [-0.2, 0) is 47.6 Å². The first-order valence-corrected chi connectivity index (χ1v) is 20.2. The summed E-state index contributed by atoms with van der Waals surface area (Å²) in [5.41, 5.74) is 0.695. The zero-order valence-electron chi connectivity index (χ0n) is 35.2. The first kappa shape index (κ1) is 48.7. The van der Waals surface area contributed by atoms with Crippen molar-refractivity contribution in [3.63, 3.8) is 0 Å². The molecule has 0 aliphatic heterocycles.